The second kappa shape index (κ2) is 6.16. The number of sulfone groups is 1. The van der Waals surface area contributed by atoms with Crippen molar-refractivity contribution in [3.8, 4) is 0 Å². The Kier molecular flexibility index (Phi) is 5.11. The third kappa shape index (κ3) is 4.27. The zero-order chi connectivity index (χ0) is 13.8. The van der Waals surface area contributed by atoms with Crippen LogP contribution < -0.4 is 5.32 Å². The van der Waals surface area contributed by atoms with Crippen LogP contribution in [0.1, 0.15) is 31.9 Å². The summed E-state index contributed by atoms with van der Waals surface area (Å²) in [4.78, 5) is 0.358. The highest BCUT2D eigenvalue weighted by Gasteiger charge is 2.12. The predicted octanol–water partition coefficient (Wildman–Crippen LogP) is 2.71. The van der Waals surface area contributed by atoms with Crippen molar-refractivity contribution in [2.45, 2.75) is 31.2 Å². The van der Waals surface area contributed by atoms with Gasteiger partial charge in [-0.25, -0.2) is 8.42 Å². The average Bonchev–Trinajstić information content (AvgIpc) is 2.27. The number of benzene rings is 1. The first-order valence-electron chi connectivity index (χ1n) is 6.02. The van der Waals surface area contributed by atoms with Gasteiger partial charge in [0.2, 0.25) is 0 Å². The van der Waals surface area contributed by atoms with Crippen LogP contribution in [0.25, 0.3) is 0 Å². The second-order valence-corrected chi connectivity index (χ2v) is 6.63. The van der Waals surface area contributed by atoms with Crippen LogP contribution in [0.5, 0.6) is 0 Å². The van der Waals surface area contributed by atoms with E-state index >= 15 is 0 Å². The summed E-state index contributed by atoms with van der Waals surface area (Å²) in [5.41, 5.74) is 2.19. The summed E-state index contributed by atoms with van der Waals surface area (Å²) in [6, 6.07) is 7.25. The maximum atomic E-state index is 11.4. The summed E-state index contributed by atoms with van der Waals surface area (Å²) < 4.78 is 22.8. The number of rotatable bonds is 6. The van der Waals surface area contributed by atoms with E-state index in [4.69, 9.17) is 0 Å². The van der Waals surface area contributed by atoms with Crippen molar-refractivity contribution in [3.05, 3.63) is 42.0 Å². The summed E-state index contributed by atoms with van der Waals surface area (Å²) in [5, 5.41) is 3.38. The van der Waals surface area contributed by atoms with Gasteiger partial charge in [-0.1, -0.05) is 24.6 Å². The number of hydrogen-bond acceptors (Lipinski definition) is 3. The molecule has 0 heterocycles. The molecule has 0 aromatic heterocycles. The van der Waals surface area contributed by atoms with Crippen molar-refractivity contribution in [3.63, 3.8) is 0 Å². The molecule has 0 fully saturated rings. The molecule has 1 atom stereocenters. The third-order valence-electron chi connectivity index (χ3n) is 2.71. The molecule has 3 nitrogen and oxygen atoms in total. The summed E-state index contributed by atoms with van der Waals surface area (Å²) in [6.45, 7) is 8.84. The van der Waals surface area contributed by atoms with Crippen molar-refractivity contribution < 1.29 is 8.42 Å². The molecular weight excluding hydrogens is 246 g/mol. The van der Waals surface area contributed by atoms with Crippen molar-refractivity contribution >= 4 is 9.84 Å². The fourth-order valence-electron chi connectivity index (χ4n) is 1.85. The van der Waals surface area contributed by atoms with Gasteiger partial charge in [0.1, 0.15) is 0 Å². The molecule has 4 heteroatoms. The van der Waals surface area contributed by atoms with Gasteiger partial charge in [-0.15, -0.1) is 6.58 Å². The molecule has 0 radical (unpaired) electrons. The molecule has 1 aromatic rings. The molecular formula is C14H21NO2S. The molecule has 1 N–H and O–H groups in total. The maximum absolute atomic E-state index is 11.4. The molecule has 100 valence electrons. The zero-order valence-corrected chi connectivity index (χ0v) is 12.0. The first kappa shape index (κ1) is 14.9. The van der Waals surface area contributed by atoms with Crippen LogP contribution in [0, 0.1) is 0 Å². The summed E-state index contributed by atoms with van der Waals surface area (Å²) >= 11 is 0. The van der Waals surface area contributed by atoms with E-state index < -0.39 is 9.84 Å². The lowest BCUT2D eigenvalue weighted by Crippen LogP contribution is -2.21. The standard InChI is InChI=1S/C14H21NO2S/c1-5-15-14(10-11(2)3)12-6-8-13(9-7-12)18(4,16)17/h6-9,14-15H,2,5,10H2,1,3-4H3. The SMILES string of the molecule is C=C(C)CC(NCC)c1ccc(S(C)(=O)=O)cc1. The van der Waals surface area contributed by atoms with Crippen LogP contribution >= 0.6 is 0 Å². The largest absolute Gasteiger partial charge is 0.310 e. The predicted molar refractivity (Wildman–Crippen MR) is 75.4 cm³/mol. The fourth-order valence-corrected chi connectivity index (χ4v) is 2.48. The van der Waals surface area contributed by atoms with Crippen LogP contribution in [-0.4, -0.2) is 21.2 Å². The summed E-state index contributed by atoms with van der Waals surface area (Å²) in [7, 11) is -3.12. The highest BCUT2D eigenvalue weighted by molar-refractivity contribution is 7.90. The Morgan fingerprint density at radius 3 is 2.28 bits per heavy atom. The molecule has 0 aliphatic heterocycles. The normalized spacial score (nSPS) is 13.3. The third-order valence-corrected chi connectivity index (χ3v) is 3.84. The van der Waals surface area contributed by atoms with Gasteiger partial charge in [0, 0.05) is 12.3 Å². The molecule has 0 aliphatic rings. The van der Waals surface area contributed by atoms with Crippen molar-refractivity contribution in [1.29, 1.82) is 0 Å². The molecule has 0 spiro atoms. The molecule has 0 bridgehead atoms. The summed E-state index contributed by atoms with van der Waals surface area (Å²) in [5.74, 6) is 0. The number of hydrogen-bond donors (Lipinski definition) is 1. The second-order valence-electron chi connectivity index (χ2n) is 4.61. The van der Waals surface area contributed by atoms with E-state index in [0.29, 0.717) is 4.90 Å². The van der Waals surface area contributed by atoms with Gasteiger partial charge >= 0.3 is 0 Å². The van der Waals surface area contributed by atoms with Crippen LogP contribution in [0.15, 0.2) is 41.3 Å². The minimum Gasteiger partial charge on any atom is -0.310 e. The van der Waals surface area contributed by atoms with Gasteiger partial charge < -0.3 is 5.32 Å². The summed E-state index contributed by atoms with van der Waals surface area (Å²) in [6.07, 6.45) is 2.07. The van der Waals surface area contributed by atoms with Crippen molar-refractivity contribution in [2.24, 2.45) is 0 Å². The molecule has 1 aromatic carbocycles. The Hall–Kier alpha value is -1.13. The van der Waals surface area contributed by atoms with E-state index in [1.807, 2.05) is 19.1 Å². The van der Waals surface area contributed by atoms with Crippen LogP contribution in [0.2, 0.25) is 0 Å². The van der Waals surface area contributed by atoms with E-state index in [-0.39, 0.29) is 6.04 Å². The molecule has 0 aliphatic carbocycles. The van der Waals surface area contributed by atoms with Gasteiger partial charge in [-0.3, -0.25) is 0 Å². The first-order valence-corrected chi connectivity index (χ1v) is 7.91. The van der Waals surface area contributed by atoms with Gasteiger partial charge in [0.05, 0.1) is 4.90 Å². The van der Waals surface area contributed by atoms with E-state index in [1.165, 1.54) is 6.26 Å². The molecule has 1 rings (SSSR count). The lowest BCUT2D eigenvalue weighted by molar-refractivity contribution is 0.547. The van der Waals surface area contributed by atoms with E-state index in [2.05, 4.69) is 18.8 Å². The molecule has 0 saturated heterocycles. The lowest BCUT2D eigenvalue weighted by atomic mass is 10.0. The molecule has 18 heavy (non-hydrogen) atoms. The van der Waals surface area contributed by atoms with E-state index in [0.717, 1.165) is 24.1 Å². The van der Waals surface area contributed by atoms with Gasteiger partial charge in [0.15, 0.2) is 9.84 Å². The Balaban J connectivity index is 2.96. The molecule has 1 unspecified atom stereocenters. The maximum Gasteiger partial charge on any atom is 0.175 e. The van der Waals surface area contributed by atoms with E-state index in [1.54, 1.807) is 12.1 Å². The quantitative estimate of drug-likeness (QED) is 0.806. The van der Waals surface area contributed by atoms with E-state index in [9.17, 15) is 8.42 Å². The first-order chi connectivity index (χ1) is 8.34. The Morgan fingerprint density at radius 1 is 1.33 bits per heavy atom. The molecule has 0 saturated carbocycles. The average molecular weight is 267 g/mol. The topological polar surface area (TPSA) is 46.2 Å². The van der Waals surface area contributed by atoms with Gasteiger partial charge in [0.25, 0.3) is 0 Å². The molecule has 0 amide bonds. The van der Waals surface area contributed by atoms with Crippen LogP contribution in [0.4, 0.5) is 0 Å². The van der Waals surface area contributed by atoms with Crippen molar-refractivity contribution in [2.75, 3.05) is 12.8 Å². The Morgan fingerprint density at radius 2 is 1.89 bits per heavy atom. The monoisotopic (exact) mass is 267 g/mol. The zero-order valence-electron chi connectivity index (χ0n) is 11.2. The minimum absolute atomic E-state index is 0.195. The van der Waals surface area contributed by atoms with Gasteiger partial charge in [-0.05, 0) is 37.6 Å². The Bertz CT molecular complexity index is 503. The highest BCUT2D eigenvalue weighted by atomic mass is 32.2. The Labute approximate surface area is 110 Å². The highest BCUT2D eigenvalue weighted by Crippen LogP contribution is 2.21. The lowest BCUT2D eigenvalue weighted by Gasteiger charge is -2.18. The van der Waals surface area contributed by atoms with Gasteiger partial charge in [-0.2, -0.15) is 0 Å². The fraction of sp³-hybridized carbons (Fsp3) is 0.429. The van der Waals surface area contributed by atoms with Crippen LogP contribution in [-0.2, 0) is 9.84 Å². The van der Waals surface area contributed by atoms with Crippen LogP contribution in [0.3, 0.4) is 0 Å². The minimum atomic E-state index is -3.12. The number of nitrogens with one attached hydrogen (secondary N) is 1. The van der Waals surface area contributed by atoms with Crippen molar-refractivity contribution in [1.82, 2.24) is 5.32 Å². The smallest absolute Gasteiger partial charge is 0.175 e.